The molecule has 4 rings (SSSR count). The van der Waals surface area contributed by atoms with Gasteiger partial charge in [0.1, 0.15) is 5.76 Å². The summed E-state index contributed by atoms with van der Waals surface area (Å²) in [6, 6.07) is 3.61. The first-order chi connectivity index (χ1) is 12.7. The largest absolute Gasteiger partial charge is 0.454 e. The van der Waals surface area contributed by atoms with E-state index >= 15 is 0 Å². The Bertz CT molecular complexity index is 743. The lowest BCUT2D eigenvalue weighted by Gasteiger charge is -2.32. The number of ether oxygens (including phenoxy) is 1. The molecule has 3 heterocycles. The smallest absolute Gasteiger partial charge is 0.289 e. The number of hydrogen-bond acceptors (Lipinski definition) is 4. The third kappa shape index (κ3) is 4.20. The van der Waals surface area contributed by atoms with Gasteiger partial charge in [0.05, 0.1) is 29.4 Å². The minimum absolute atomic E-state index is 0.0304. The Balaban J connectivity index is 1.29. The Hall–Kier alpha value is -1.60. The molecule has 0 atom stereocenters. The molecule has 0 unspecified atom stereocenters. The van der Waals surface area contributed by atoms with Crippen molar-refractivity contribution in [3.63, 3.8) is 0 Å². The predicted molar refractivity (Wildman–Crippen MR) is 100 cm³/mol. The summed E-state index contributed by atoms with van der Waals surface area (Å²) >= 11 is 3.37. The van der Waals surface area contributed by atoms with E-state index in [1.807, 2.05) is 17.2 Å². The van der Waals surface area contributed by atoms with Gasteiger partial charge in [0.2, 0.25) is 0 Å². The molecule has 1 saturated heterocycles. The molecule has 2 fully saturated rings. The van der Waals surface area contributed by atoms with Crippen LogP contribution in [0.1, 0.15) is 54.8 Å². The molecule has 2 aromatic heterocycles. The van der Waals surface area contributed by atoms with Crippen molar-refractivity contribution >= 4 is 21.8 Å². The molecule has 1 aliphatic carbocycles. The van der Waals surface area contributed by atoms with E-state index in [1.165, 1.54) is 25.7 Å². The number of piperidine rings is 1. The van der Waals surface area contributed by atoms with Gasteiger partial charge in [0.25, 0.3) is 5.91 Å². The van der Waals surface area contributed by atoms with Crippen molar-refractivity contribution in [3.8, 4) is 0 Å². The molecular formula is C19H24BrN3O3. The Morgan fingerprint density at radius 3 is 2.62 bits per heavy atom. The fourth-order valence-corrected chi connectivity index (χ4v) is 4.14. The summed E-state index contributed by atoms with van der Waals surface area (Å²) in [4.78, 5) is 14.6. The fraction of sp³-hybridized carbons (Fsp3) is 0.579. The summed E-state index contributed by atoms with van der Waals surface area (Å²) in [5, 5.41) is 4.21. The maximum absolute atomic E-state index is 12.7. The first-order valence-electron chi connectivity index (χ1n) is 9.39. The van der Waals surface area contributed by atoms with Crippen molar-refractivity contribution in [2.24, 2.45) is 0 Å². The van der Waals surface area contributed by atoms with Crippen LogP contribution in [0.5, 0.6) is 0 Å². The van der Waals surface area contributed by atoms with Crippen LogP contribution in [-0.4, -0.2) is 45.9 Å². The van der Waals surface area contributed by atoms with E-state index in [2.05, 4.69) is 21.0 Å². The molecule has 140 valence electrons. The number of amides is 1. The highest BCUT2D eigenvalue weighted by molar-refractivity contribution is 9.10. The second-order valence-electron chi connectivity index (χ2n) is 7.16. The third-order valence-electron chi connectivity index (χ3n) is 5.21. The molecule has 2 aliphatic rings. The average Bonchev–Trinajstić information content (AvgIpc) is 3.39. The first-order valence-corrected chi connectivity index (χ1v) is 10.2. The van der Waals surface area contributed by atoms with Crippen LogP contribution >= 0.6 is 15.9 Å². The van der Waals surface area contributed by atoms with E-state index in [4.69, 9.17) is 9.15 Å². The van der Waals surface area contributed by atoms with Crippen molar-refractivity contribution in [1.82, 2.24) is 14.7 Å². The molecule has 0 N–H and O–H groups in total. The van der Waals surface area contributed by atoms with Gasteiger partial charge in [-0.1, -0.05) is 12.8 Å². The number of carbonyl (C=O) groups is 1. The molecule has 1 aliphatic heterocycles. The van der Waals surface area contributed by atoms with Crippen LogP contribution in [0.4, 0.5) is 0 Å². The number of furan rings is 1. The lowest BCUT2D eigenvalue weighted by Crippen LogP contribution is -2.41. The van der Waals surface area contributed by atoms with Crippen molar-refractivity contribution in [1.29, 1.82) is 0 Å². The van der Waals surface area contributed by atoms with Gasteiger partial charge in [-0.05, 0) is 53.7 Å². The minimum Gasteiger partial charge on any atom is -0.454 e. The number of halogens is 1. The van der Waals surface area contributed by atoms with Gasteiger partial charge < -0.3 is 14.1 Å². The van der Waals surface area contributed by atoms with Gasteiger partial charge in [-0.25, -0.2) is 0 Å². The Morgan fingerprint density at radius 1 is 1.19 bits per heavy atom. The van der Waals surface area contributed by atoms with E-state index in [-0.39, 0.29) is 5.91 Å². The molecule has 26 heavy (non-hydrogen) atoms. The SMILES string of the molecule is O=C(c1ccc(Cn2cc(Br)cn2)o1)N1CCC(OC2CCCC2)CC1. The van der Waals surface area contributed by atoms with E-state index in [0.29, 0.717) is 24.5 Å². The van der Waals surface area contributed by atoms with Gasteiger partial charge in [0.15, 0.2) is 5.76 Å². The topological polar surface area (TPSA) is 60.5 Å². The Kier molecular flexibility index (Phi) is 5.45. The van der Waals surface area contributed by atoms with Gasteiger partial charge in [0, 0.05) is 19.3 Å². The van der Waals surface area contributed by atoms with Gasteiger partial charge >= 0.3 is 0 Å². The standard InChI is InChI=1S/C19H24BrN3O3/c20-14-11-21-23(12-14)13-17-5-6-18(26-17)19(24)22-9-7-16(8-10-22)25-15-3-1-2-4-15/h5-6,11-12,15-16H,1-4,7-10,13H2. The lowest BCUT2D eigenvalue weighted by atomic mass is 10.1. The number of nitrogens with zero attached hydrogens (tertiary/aromatic N) is 3. The molecule has 0 radical (unpaired) electrons. The molecule has 0 bridgehead atoms. The average molecular weight is 422 g/mol. The first kappa shape index (κ1) is 17.8. The zero-order valence-electron chi connectivity index (χ0n) is 14.8. The molecule has 1 saturated carbocycles. The van der Waals surface area contributed by atoms with E-state index in [0.717, 1.165) is 36.2 Å². The molecule has 1 amide bonds. The highest BCUT2D eigenvalue weighted by Gasteiger charge is 2.28. The van der Waals surface area contributed by atoms with Crippen molar-refractivity contribution < 1.29 is 13.9 Å². The third-order valence-corrected chi connectivity index (χ3v) is 5.62. The Labute approximate surface area is 161 Å². The number of rotatable bonds is 5. The van der Waals surface area contributed by atoms with E-state index < -0.39 is 0 Å². The van der Waals surface area contributed by atoms with Crippen LogP contribution in [0.3, 0.4) is 0 Å². The molecule has 0 aromatic carbocycles. The lowest BCUT2D eigenvalue weighted by molar-refractivity contribution is -0.0360. The van der Waals surface area contributed by atoms with Crippen LogP contribution < -0.4 is 0 Å². The zero-order chi connectivity index (χ0) is 17.9. The Morgan fingerprint density at radius 2 is 1.92 bits per heavy atom. The minimum atomic E-state index is -0.0304. The monoisotopic (exact) mass is 421 g/mol. The van der Waals surface area contributed by atoms with Gasteiger partial charge in [-0.15, -0.1) is 0 Å². The maximum atomic E-state index is 12.7. The molecular weight excluding hydrogens is 398 g/mol. The van der Waals surface area contributed by atoms with Crippen molar-refractivity contribution in [2.75, 3.05) is 13.1 Å². The summed E-state index contributed by atoms with van der Waals surface area (Å²) in [5.41, 5.74) is 0. The molecule has 2 aromatic rings. The van der Waals surface area contributed by atoms with Crippen LogP contribution in [0.2, 0.25) is 0 Å². The van der Waals surface area contributed by atoms with E-state index in [1.54, 1.807) is 16.9 Å². The number of likely N-dealkylation sites (tertiary alicyclic amines) is 1. The van der Waals surface area contributed by atoms with Crippen molar-refractivity contribution in [3.05, 3.63) is 40.5 Å². The summed E-state index contributed by atoms with van der Waals surface area (Å²) in [7, 11) is 0. The van der Waals surface area contributed by atoms with Crippen LogP contribution in [0.25, 0.3) is 0 Å². The maximum Gasteiger partial charge on any atom is 0.289 e. The predicted octanol–water partition coefficient (Wildman–Crippen LogP) is 3.85. The normalized spacial score (nSPS) is 19.3. The summed E-state index contributed by atoms with van der Waals surface area (Å²) in [6.07, 6.45) is 11.1. The summed E-state index contributed by atoms with van der Waals surface area (Å²) in [6.45, 7) is 1.98. The van der Waals surface area contributed by atoms with Crippen molar-refractivity contribution in [2.45, 2.75) is 57.3 Å². The quantitative estimate of drug-likeness (QED) is 0.735. The molecule has 7 heteroatoms. The summed E-state index contributed by atoms with van der Waals surface area (Å²) in [5.74, 6) is 1.10. The number of aromatic nitrogens is 2. The van der Waals surface area contributed by atoms with Crippen LogP contribution in [0, 0.1) is 0 Å². The van der Waals surface area contributed by atoms with Gasteiger partial charge in [-0.3, -0.25) is 9.48 Å². The zero-order valence-corrected chi connectivity index (χ0v) is 16.4. The van der Waals surface area contributed by atoms with Crippen LogP contribution in [0.15, 0.2) is 33.4 Å². The highest BCUT2D eigenvalue weighted by atomic mass is 79.9. The number of hydrogen-bond donors (Lipinski definition) is 0. The number of carbonyl (C=O) groups excluding carboxylic acids is 1. The second-order valence-corrected chi connectivity index (χ2v) is 8.07. The van der Waals surface area contributed by atoms with E-state index in [9.17, 15) is 4.79 Å². The second kappa shape index (κ2) is 7.96. The van der Waals surface area contributed by atoms with Crippen LogP contribution in [-0.2, 0) is 11.3 Å². The molecule has 0 spiro atoms. The molecule has 6 nitrogen and oxygen atoms in total. The highest BCUT2D eigenvalue weighted by Crippen LogP contribution is 2.26. The van der Waals surface area contributed by atoms with Gasteiger partial charge in [-0.2, -0.15) is 5.10 Å². The fourth-order valence-electron chi connectivity index (χ4n) is 3.81. The summed E-state index contributed by atoms with van der Waals surface area (Å²) < 4.78 is 14.6.